The molecular formula is C7H5ClN4O. The Morgan fingerprint density at radius 3 is 3.00 bits per heavy atom. The van der Waals surface area contributed by atoms with E-state index in [0.717, 1.165) is 0 Å². The summed E-state index contributed by atoms with van der Waals surface area (Å²) in [5.41, 5.74) is 8.36. The summed E-state index contributed by atoms with van der Waals surface area (Å²) in [5, 5.41) is 3.46. The number of Topliss-reactive ketones (excluding diaryl/α,β-unsaturated/α-hetero) is 1. The molecule has 0 N–H and O–H groups in total. The number of carbonyl (C=O) groups excluding carboxylic acids is 1. The molecule has 5 nitrogen and oxygen atoms in total. The Balaban J connectivity index is 2.77. The number of hydrogen-bond donors (Lipinski definition) is 0. The van der Waals surface area contributed by atoms with Crippen molar-refractivity contribution in [1.29, 1.82) is 0 Å². The van der Waals surface area contributed by atoms with Crippen LogP contribution in [0.4, 0.5) is 0 Å². The number of rotatable bonds is 3. The van der Waals surface area contributed by atoms with E-state index in [1.165, 1.54) is 18.3 Å². The van der Waals surface area contributed by atoms with Gasteiger partial charge in [-0.3, -0.25) is 4.79 Å². The summed E-state index contributed by atoms with van der Waals surface area (Å²) in [5.74, 6) is -0.276. The monoisotopic (exact) mass is 196 g/mol. The summed E-state index contributed by atoms with van der Waals surface area (Å²) in [6.45, 7) is -0.195. The predicted octanol–water partition coefficient (Wildman–Crippen LogP) is 2.23. The van der Waals surface area contributed by atoms with E-state index in [1.807, 2.05) is 0 Å². The van der Waals surface area contributed by atoms with Gasteiger partial charge in [0.25, 0.3) is 0 Å². The number of aromatic nitrogens is 1. The van der Waals surface area contributed by atoms with Crippen LogP contribution in [0.2, 0.25) is 5.15 Å². The van der Waals surface area contributed by atoms with Crippen molar-refractivity contribution in [2.24, 2.45) is 5.11 Å². The van der Waals surface area contributed by atoms with Crippen LogP contribution in [0, 0.1) is 0 Å². The Labute approximate surface area is 79.0 Å². The molecule has 0 atom stereocenters. The molecule has 0 aliphatic carbocycles. The minimum absolute atomic E-state index is 0.195. The van der Waals surface area contributed by atoms with Crippen molar-refractivity contribution in [3.63, 3.8) is 0 Å². The molecule has 1 heterocycles. The molecule has 0 unspecified atom stereocenters. The lowest BCUT2D eigenvalue weighted by atomic mass is 10.2. The third-order valence-corrected chi connectivity index (χ3v) is 1.55. The van der Waals surface area contributed by atoms with Gasteiger partial charge in [-0.2, -0.15) is 0 Å². The number of azide groups is 1. The standard InChI is InChI=1S/C7H5ClN4O/c8-7-2-1-5(3-10-7)6(13)4-11-12-9/h1-3H,4H2. The minimum atomic E-state index is -0.276. The van der Waals surface area contributed by atoms with Gasteiger partial charge in [-0.25, -0.2) is 4.98 Å². The second-order valence-corrected chi connectivity index (χ2v) is 2.57. The lowest BCUT2D eigenvalue weighted by Gasteiger charge is -1.95. The van der Waals surface area contributed by atoms with Crippen LogP contribution in [-0.2, 0) is 0 Å². The van der Waals surface area contributed by atoms with Crippen LogP contribution in [0.1, 0.15) is 10.4 Å². The van der Waals surface area contributed by atoms with Gasteiger partial charge in [0.05, 0.1) is 6.54 Å². The fourth-order valence-corrected chi connectivity index (χ4v) is 0.840. The molecule has 6 heteroatoms. The van der Waals surface area contributed by atoms with E-state index in [-0.39, 0.29) is 12.3 Å². The summed E-state index contributed by atoms with van der Waals surface area (Å²) in [7, 11) is 0. The quantitative estimate of drug-likeness (QED) is 0.244. The van der Waals surface area contributed by atoms with E-state index in [0.29, 0.717) is 10.7 Å². The Morgan fingerprint density at radius 2 is 2.46 bits per heavy atom. The molecule has 0 fully saturated rings. The summed E-state index contributed by atoms with van der Waals surface area (Å²) in [4.78, 5) is 17.4. The number of ketones is 1. The Kier molecular flexibility index (Phi) is 3.25. The van der Waals surface area contributed by atoms with E-state index in [1.54, 1.807) is 0 Å². The molecule has 1 aromatic rings. The van der Waals surface area contributed by atoms with Crippen LogP contribution in [0.3, 0.4) is 0 Å². The summed E-state index contributed by atoms with van der Waals surface area (Å²) in [6.07, 6.45) is 1.34. The van der Waals surface area contributed by atoms with Gasteiger partial charge < -0.3 is 0 Å². The van der Waals surface area contributed by atoms with Gasteiger partial charge >= 0.3 is 0 Å². The highest BCUT2D eigenvalue weighted by molar-refractivity contribution is 6.29. The van der Waals surface area contributed by atoms with Crippen molar-refractivity contribution in [1.82, 2.24) is 4.98 Å². The van der Waals surface area contributed by atoms with Crippen molar-refractivity contribution in [2.45, 2.75) is 0 Å². The van der Waals surface area contributed by atoms with E-state index >= 15 is 0 Å². The lowest BCUT2D eigenvalue weighted by molar-refractivity contribution is 0.100. The molecule has 0 spiro atoms. The Morgan fingerprint density at radius 1 is 1.69 bits per heavy atom. The first-order valence-corrected chi connectivity index (χ1v) is 3.77. The van der Waals surface area contributed by atoms with Crippen LogP contribution in [0.25, 0.3) is 10.4 Å². The van der Waals surface area contributed by atoms with E-state index in [9.17, 15) is 4.79 Å². The van der Waals surface area contributed by atoms with E-state index in [2.05, 4.69) is 15.0 Å². The van der Waals surface area contributed by atoms with Gasteiger partial charge in [0, 0.05) is 16.7 Å². The molecule has 0 aromatic carbocycles. The zero-order chi connectivity index (χ0) is 9.68. The van der Waals surface area contributed by atoms with Gasteiger partial charge in [0.1, 0.15) is 5.15 Å². The normalized spacial score (nSPS) is 9.00. The van der Waals surface area contributed by atoms with Crippen LogP contribution >= 0.6 is 11.6 Å². The second-order valence-electron chi connectivity index (χ2n) is 2.18. The second kappa shape index (κ2) is 4.45. The fraction of sp³-hybridized carbons (Fsp3) is 0.143. The molecule has 13 heavy (non-hydrogen) atoms. The highest BCUT2D eigenvalue weighted by Crippen LogP contribution is 2.05. The molecule has 0 radical (unpaired) electrons. The summed E-state index contributed by atoms with van der Waals surface area (Å²) < 4.78 is 0. The first-order chi connectivity index (χ1) is 6.24. The average Bonchev–Trinajstić information content (AvgIpc) is 2.15. The fourth-order valence-electron chi connectivity index (χ4n) is 0.728. The topological polar surface area (TPSA) is 78.7 Å². The van der Waals surface area contributed by atoms with Crippen LogP contribution in [-0.4, -0.2) is 17.3 Å². The zero-order valence-corrected chi connectivity index (χ0v) is 7.27. The lowest BCUT2D eigenvalue weighted by Crippen LogP contribution is -2.02. The van der Waals surface area contributed by atoms with Crippen LogP contribution in [0.15, 0.2) is 23.4 Å². The van der Waals surface area contributed by atoms with Crippen molar-refractivity contribution in [3.05, 3.63) is 39.5 Å². The Hall–Kier alpha value is -1.58. The van der Waals surface area contributed by atoms with Crippen LogP contribution < -0.4 is 0 Å². The maximum Gasteiger partial charge on any atom is 0.170 e. The maximum atomic E-state index is 11.2. The van der Waals surface area contributed by atoms with Crippen LogP contribution in [0.5, 0.6) is 0 Å². The number of carbonyl (C=O) groups is 1. The van der Waals surface area contributed by atoms with Gasteiger partial charge in [0.15, 0.2) is 5.78 Å². The average molecular weight is 197 g/mol. The summed E-state index contributed by atoms with van der Waals surface area (Å²) >= 11 is 5.52. The molecule has 66 valence electrons. The third kappa shape index (κ3) is 2.74. The Bertz CT molecular complexity index is 355. The molecule has 1 rings (SSSR count). The zero-order valence-electron chi connectivity index (χ0n) is 6.51. The van der Waals surface area contributed by atoms with Crippen molar-refractivity contribution >= 4 is 17.4 Å². The van der Waals surface area contributed by atoms with Gasteiger partial charge in [-0.15, -0.1) is 0 Å². The van der Waals surface area contributed by atoms with Crippen molar-refractivity contribution in [2.75, 3.05) is 6.54 Å². The van der Waals surface area contributed by atoms with Gasteiger partial charge in [0.2, 0.25) is 0 Å². The molecule has 1 aromatic heterocycles. The molecule has 0 saturated carbocycles. The number of nitrogens with zero attached hydrogens (tertiary/aromatic N) is 4. The first-order valence-electron chi connectivity index (χ1n) is 3.39. The van der Waals surface area contributed by atoms with E-state index in [4.69, 9.17) is 17.1 Å². The first kappa shape index (κ1) is 9.51. The summed E-state index contributed by atoms with van der Waals surface area (Å²) in [6, 6.07) is 3.04. The molecule has 0 saturated heterocycles. The number of hydrogen-bond acceptors (Lipinski definition) is 3. The molecule has 0 aliphatic rings. The molecular weight excluding hydrogens is 192 g/mol. The third-order valence-electron chi connectivity index (χ3n) is 1.33. The van der Waals surface area contributed by atoms with Crippen molar-refractivity contribution in [3.8, 4) is 0 Å². The highest BCUT2D eigenvalue weighted by atomic mass is 35.5. The highest BCUT2D eigenvalue weighted by Gasteiger charge is 2.03. The minimum Gasteiger partial charge on any atom is -0.294 e. The number of pyridine rings is 1. The smallest absolute Gasteiger partial charge is 0.170 e. The largest absolute Gasteiger partial charge is 0.294 e. The van der Waals surface area contributed by atoms with Crippen molar-refractivity contribution < 1.29 is 4.79 Å². The van der Waals surface area contributed by atoms with Gasteiger partial charge in [-0.05, 0) is 17.7 Å². The van der Waals surface area contributed by atoms with Gasteiger partial charge in [-0.1, -0.05) is 16.7 Å². The molecule has 0 bridgehead atoms. The maximum absolute atomic E-state index is 11.2. The van der Waals surface area contributed by atoms with E-state index < -0.39 is 0 Å². The number of halogens is 1. The predicted molar refractivity (Wildman–Crippen MR) is 47.6 cm³/mol. The molecule has 0 amide bonds. The molecule has 0 aliphatic heterocycles. The SMILES string of the molecule is [N-]=[N+]=NCC(=O)c1ccc(Cl)nc1.